The van der Waals surface area contributed by atoms with E-state index in [0.29, 0.717) is 12.8 Å². The first kappa shape index (κ1) is 8.70. The van der Waals surface area contributed by atoms with Gasteiger partial charge >= 0.3 is 0 Å². The molecule has 0 spiro atoms. The lowest BCUT2D eigenvalue weighted by molar-refractivity contribution is -0.139. The highest BCUT2D eigenvalue weighted by molar-refractivity contribution is 5.96. The molecule has 1 rings (SSSR count). The maximum absolute atomic E-state index is 11.0. The third-order valence-corrected chi connectivity index (χ3v) is 1.68. The van der Waals surface area contributed by atoms with Crippen LogP contribution in [0.3, 0.4) is 0 Å². The van der Waals surface area contributed by atoms with E-state index in [4.69, 9.17) is 0 Å². The largest absolute Gasteiger partial charge is 0.300 e. The topological polar surface area (TPSA) is 75.3 Å². The monoisotopic (exact) mass is 170 g/mol. The van der Waals surface area contributed by atoms with Crippen molar-refractivity contribution >= 4 is 17.6 Å². The van der Waals surface area contributed by atoms with E-state index >= 15 is 0 Å². The normalized spacial score (nSPS) is 16.6. The standard InChI is InChI=1S/C7H10N2O3/c1-4(10)8-9-7(12)5-2-6(11)3-5/h5H,2-3H2,1H3,(H,8,10)(H,9,12). The van der Waals surface area contributed by atoms with Crippen molar-refractivity contribution < 1.29 is 14.4 Å². The van der Waals surface area contributed by atoms with Crippen molar-refractivity contribution in [1.29, 1.82) is 0 Å². The number of nitrogens with one attached hydrogen (secondary N) is 2. The lowest BCUT2D eigenvalue weighted by Gasteiger charge is -2.22. The summed E-state index contributed by atoms with van der Waals surface area (Å²) in [4.78, 5) is 31.8. The molecule has 1 aliphatic rings. The van der Waals surface area contributed by atoms with Crippen LogP contribution in [0.15, 0.2) is 0 Å². The van der Waals surface area contributed by atoms with Crippen LogP contribution in [-0.2, 0) is 14.4 Å². The summed E-state index contributed by atoms with van der Waals surface area (Å²) in [7, 11) is 0. The lowest BCUT2D eigenvalue weighted by Crippen LogP contribution is -2.47. The van der Waals surface area contributed by atoms with Crippen LogP contribution in [0.5, 0.6) is 0 Å². The maximum Gasteiger partial charge on any atom is 0.242 e. The van der Waals surface area contributed by atoms with Crippen molar-refractivity contribution in [3.63, 3.8) is 0 Å². The summed E-state index contributed by atoms with van der Waals surface area (Å²) in [5.41, 5.74) is 4.37. The number of hydrazine groups is 1. The molecule has 0 aromatic carbocycles. The quantitative estimate of drug-likeness (QED) is 0.502. The molecule has 1 aliphatic carbocycles. The Morgan fingerprint density at radius 1 is 1.33 bits per heavy atom. The molecule has 0 aromatic heterocycles. The Labute approximate surface area is 69.5 Å². The molecule has 0 aromatic rings. The Bertz CT molecular complexity index is 229. The molecule has 0 bridgehead atoms. The minimum absolute atomic E-state index is 0.0953. The van der Waals surface area contributed by atoms with Crippen LogP contribution >= 0.6 is 0 Å². The van der Waals surface area contributed by atoms with E-state index in [1.165, 1.54) is 6.92 Å². The van der Waals surface area contributed by atoms with Crippen LogP contribution in [0, 0.1) is 5.92 Å². The summed E-state index contributed by atoms with van der Waals surface area (Å²) in [6.45, 7) is 1.30. The van der Waals surface area contributed by atoms with Gasteiger partial charge < -0.3 is 0 Å². The molecule has 0 unspecified atom stereocenters. The van der Waals surface area contributed by atoms with Gasteiger partial charge in [-0.2, -0.15) is 0 Å². The van der Waals surface area contributed by atoms with Gasteiger partial charge in [0.2, 0.25) is 11.8 Å². The van der Waals surface area contributed by atoms with Gasteiger partial charge in [0.25, 0.3) is 0 Å². The van der Waals surface area contributed by atoms with Crippen LogP contribution in [0.4, 0.5) is 0 Å². The molecule has 2 amide bonds. The fourth-order valence-electron chi connectivity index (χ4n) is 0.927. The Hall–Kier alpha value is -1.39. The number of amides is 2. The van der Waals surface area contributed by atoms with Gasteiger partial charge in [0, 0.05) is 19.8 Å². The van der Waals surface area contributed by atoms with Gasteiger partial charge in [0.1, 0.15) is 5.78 Å². The van der Waals surface area contributed by atoms with Gasteiger partial charge in [0.15, 0.2) is 0 Å². The van der Waals surface area contributed by atoms with E-state index in [9.17, 15) is 14.4 Å². The molecule has 66 valence electrons. The molecule has 0 saturated heterocycles. The predicted octanol–water partition coefficient (Wildman–Crippen LogP) is -0.867. The smallest absolute Gasteiger partial charge is 0.242 e. The van der Waals surface area contributed by atoms with Gasteiger partial charge in [0.05, 0.1) is 5.92 Å². The van der Waals surface area contributed by atoms with Gasteiger partial charge in [-0.25, -0.2) is 0 Å². The number of ketones is 1. The molecular formula is C7H10N2O3. The molecule has 12 heavy (non-hydrogen) atoms. The van der Waals surface area contributed by atoms with Crippen LogP contribution in [0.2, 0.25) is 0 Å². The van der Waals surface area contributed by atoms with E-state index in [1.54, 1.807) is 0 Å². The van der Waals surface area contributed by atoms with Gasteiger partial charge in [-0.1, -0.05) is 0 Å². The zero-order valence-corrected chi connectivity index (χ0v) is 6.72. The summed E-state index contributed by atoms with van der Waals surface area (Å²) in [5.74, 6) is -0.763. The number of hydrogen-bond donors (Lipinski definition) is 2. The first-order valence-corrected chi connectivity index (χ1v) is 3.67. The third-order valence-electron chi connectivity index (χ3n) is 1.68. The average Bonchev–Trinajstić information content (AvgIpc) is 1.94. The van der Waals surface area contributed by atoms with Gasteiger partial charge in [-0.15, -0.1) is 0 Å². The second-order valence-electron chi connectivity index (χ2n) is 2.81. The van der Waals surface area contributed by atoms with E-state index in [-0.39, 0.29) is 23.5 Å². The Morgan fingerprint density at radius 2 is 1.92 bits per heavy atom. The van der Waals surface area contributed by atoms with Crippen LogP contribution in [-0.4, -0.2) is 17.6 Å². The Morgan fingerprint density at radius 3 is 2.33 bits per heavy atom. The van der Waals surface area contributed by atoms with Crippen LogP contribution in [0.1, 0.15) is 19.8 Å². The molecular weight excluding hydrogens is 160 g/mol. The van der Waals surface area contributed by atoms with Crippen molar-refractivity contribution in [2.45, 2.75) is 19.8 Å². The number of Topliss-reactive ketones (excluding diaryl/α,β-unsaturated/α-hetero) is 1. The number of carbonyl (C=O) groups excluding carboxylic acids is 3. The molecule has 5 heteroatoms. The zero-order valence-electron chi connectivity index (χ0n) is 6.72. The van der Waals surface area contributed by atoms with Crippen molar-refractivity contribution in [3.8, 4) is 0 Å². The van der Waals surface area contributed by atoms with E-state index in [0.717, 1.165) is 0 Å². The predicted molar refractivity (Wildman–Crippen MR) is 39.7 cm³/mol. The van der Waals surface area contributed by atoms with Crippen molar-refractivity contribution in [2.75, 3.05) is 0 Å². The summed E-state index contributed by atoms with van der Waals surface area (Å²) in [5, 5.41) is 0. The fourth-order valence-corrected chi connectivity index (χ4v) is 0.927. The van der Waals surface area contributed by atoms with E-state index in [1.807, 2.05) is 0 Å². The molecule has 1 fully saturated rings. The summed E-state index contributed by atoms with van der Waals surface area (Å²) in [6.07, 6.45) is 0.594. The van der Waals surface area contributed by atoms with Crippen LogP contribution in [0.25, 0.3) is 0 Å². The molecule has 5 nitrogen and oxygen atoms in total. The van der Waals surface area contributed by atoms with E-state index < -0.39 is 0 Å². The lowest BCUT2D eigenvalue weighted by atomic mass is 9.83. The van der Waals surface area contributed by atoms with Crippen molar-refractivity contribution in [1.82, 2.24) is 10.9 Å². The Kier molecular flexibility index (Phi) is 2.42. The number of rotatable bonds is 1. The van der Waals surface area contributed by atoms with Crippen LogP contribution < -0.4 is 10.9 Å². The molecule has 1 saturated carbocycles. The fraction of sp³-hybridized carbons (Fsp3) is 0.571. The van der Waals surface area contributed by atoms with Gasteiger partial charge in [-0.3, -0.25) is 25.2 Å². The highest BCUT2D eigenvalue weighted by Gasteiger charge is 2.32. The maximum atomic E-state index is 11.0. The molecule has 2 N–H and O–H groups in total. The second-order valence-corrected chi connectivity index (χ2v) is 2.81. The molecule has 0 atom stereocenters. The minimum atomic E-state index is -0.325. The third kappa shape index (κ3) is 2.05. The Balaban J connectivity index is 2.21. The highest BCUT2D eigenvalue weighted by Crippen LogP contribution is 2.22. The number of hydrogen-bond acceptors (Lipinski definition) is 3. The second kappa shape index (κ2) is 3.34. The summed E-state index contributed by atoms with van der Waals surface area (Å²) < 4.78 is 0. The first-order chi connectivity index (χ1) is 5.59. The average molecular weight is 170 g/mol. The SMILES string of the molecule is CC(=O)NNC(=O)C1CC(=O)C1. The molecule has 0 heterocycles. The summed E-state index contributed by atoms with van der Waals surface area (Å²) >= 11 is 0. The minimum Gasteiger partial charge on any atom is -0.300 e. The summed E-state index contributed by atoms with van der Waals surface area (Å²) in [6, 6.07) is 0. The highest BCUT2D eigenvalue weighted by atomic mass is 16.2. The van der Waals surface area contributed by atoms with Crippen molar-refractivity contribution in [3.05, 3.63) is 0 Å². The zero-order chi connectivity index (χ0) is 9.14. The molecule has 0 radical (unpaired) electrons. The molecule has 0 aliphatic heterocycles. The number of carbonyl (C=O) groups is 3. The van der Waals surface area contributed by atoms with E-state index in [2.05, 4.69) is 10.9 Å². The van der Waals surface area contributed by atoms with Crippen molar-refractivity contribution in [2.24, 2.45) is 5.92 Å². The first-order valence-electron chi connectivity index (χ1n) is 3.67. The van der Waals surface area contributed by atoms with Gasteiger partial charge in [-0.05, 0) is 0 Å².